The zero-order valence-electron chi connectivity index (χ0n) is 16.5. The molecule has 0 radical (unpaired) electrons. The zero-order chi connectivity index (χ0) is 19.8. The molecule has 0 aliphatic heterocycles. The van der Waals surface area contributed by atoms with Crippen molar-refractivity contribution in [3.8, 4) is 5.75 Å². The lowest BCUT2D eigenvalue weighted by Crippen LogP contribution is -2.03. The van der Waals surface area contributed by atoms with E-state index in [9.17, 15) is 4.79 Å². The number of hydrogen-bond donors (Lipinski definition) is 0. The summed E-state index contributed by atoms with van der Waals surface area (Å²) in [5, 5.41) is 0. The monoisotopic (exact) mass is 374 g/mol. The second kappa shape index (κ2) is 9.75. The van der Waals surface area contributed by atoms with Crippen LogP contribution in [0.2, 0.25) is 0 Å². The minimum Gasteiger partial charge on any atom is -0.489 e. The lowest BCUT2D eigenvalue weighted by atomic mass is 10.0. The molecule has 0 saturated carbocycles. The fourth-order valence-corrected chi connectivity index (χ4v) is 3.00. The number of hydrogen-bond acceptors (Lipinski definition) is 3. The molecule has 0 aliphatic rings. The van der Waals surface area contributed by atoms with Crippen molar-refractivity contribution in [1.29, 1.82) is 0 Å². The number of aryl methyl sites for hydroxylation is 1. The van der Waals surface area contributed by atoms with E-state index >= 15 is 0 Å². The first-order chi connectivity index (χ1) is 13.6. The Balaban J connectivity index is 1.80. The van der Waals surface area contributed by atoms with Gasteiger partial charge in [0.15, 0.2) is 0 Å². The second-order valence-corrected chi connectivity index (χ2v) is 6.84. The largest absolute Gasteiger partial charge is 0.489 e. The number of carbonyl (C=O) groups is 1. The van der Waals surface area contributed by atoms with Gasteiger partial charge in [-0.25, -0.2) is 0 Å². The quantitative estimate of drug-likeness (QED) is 0.490. The molecular weight excluding hydrogens is 348 g/mol. The SMILES string of the molecule is CCc1ccc(Cc2ccc(COC(C)=O)cc2OCc2ccccc2)cc1. The Morgan fingerprint density at radius 1 is 0.786 bits per heavy atom. The summed E-state index contributed by atoms with van der Waals surface area (Å²) in [7, 11) is 0. The van der Waals surface area contributed by atoms with Gasteiger partial charge in [0.2, 0.25) is 0 Å². The van der Waals surface area contributed by atoms with Crippen molar-refractivity contribution in [2.45, 2.75) is 39.9 Å². The molecule has 0 heterocycles. The minimum atomic E-state index is -0.285. The van der Waals surface area contributed by atoms with Crippen molar-refractivity contribution in [2.24, 2.45) is 0 Å². The van der Waals surface area contributed by atoms with Crippen molar-refractivity contribution in [3.63, 3.8) is 0 Å². The third-order valence-corrected chi connectivity index (χ3v) is 4.64. The number of ether oxygens (including phenoxy) is 2. The maximum Gasteiger partial charge on any atom is 0.302 e. The second-order valence-electron chi connectivity index (χ2n) is 6.84. The molecule has 0 spiro atoms. The first-order valence-corrected chi connectivity index (χ1v) is 9.63. The van der Waals surface area contributed by atoms with Crippen molar-refractivity contribution in [3.05, 3.63) is 101 Å². The highest BCUT2D eigenvalue weighted by Crippen LogP contribution is 2.25. The molecule has 3 aromatic carbocycles. The maximum absolute atomic E-state index is 11.1. The number of esters is 1. The Hall–Kier alpha value is -3.07. The smallest absolute Gasteiger partial charge is 0.302 e. The van der Waals surface area contributed by atoms with Gasteiger partial charge >= 0.3 is 5.97 Å². The van der Waals surface area contributed by atoms with E-state index < -0.39 is 0 Å². The van der Waals surface area contributed by atoms with E-state index in [2.05, 4.69) is 37.3 Å². The van der Waals surface area contributed by atoms with Crippen LogP contribution in [-0.2, 0) is 35.6 Å². The van der Waals surface area contributed by atoms with Crippen molar-refractivity contribution in [1.82, 2.24) is 0 Å². The molecule has 0 unspecified atom stereocenters. The molecule has 144 valence electrons. The Morgan fingerprint density at radius 3 is 2.14 bits per heavy atom. The summed E-state index contributed by atoms with van der Waals surface area (Å²) in [6, 6.07) is 24.8. The summed E-state index contributed by atoms with van der Waals surface area (Å²) >= 11 is 0. The molecule has 0 fully saturated rings. The summed E-state index contributed by atoms with van der Waals surface area (Å²) < 4.78 is 11.3. The van der Waals surface area contributed by atoms with Crippen molar-refractivity contribution in [2.75, 3.05) is 0 Å². The molecule has 0 amide bonds. The van der Waals surface area contributed by atoms with Crippen LogP contribution in [-0.4, -0.2) is 5.97 Å². The maximum atomic E-state index is 11.1. The van der Waals surface area contributed by atoms with Crippen molar-refractivity contribution >= 4 is 5.97 Å². The molecule has 0 aliphatic carbocycles. The van der Waals surface area contributed by atoms with E-state index in [1.807, 2.05) is 42.5 Å². The predicted molar refractivity (Wildman–Crippen MR) is 111 cm³/mol. The van der Waals surface area contributed by atoms with E-state index in [1.54, 1.807) is 0 Å². The average molecular weight is 374 g/mol. The molecule has 3 rings (SSSR count). The third kappa shape index (κ3) is 5.71. The highest BCUT2D eigenvalue weighted by Gasteiger charge is 2.09. The molecule has 0 bridgehead atoms. The molecule has 3 aromatic rings. The van der Waals surface area contributed by atoms with Crippen LogP contribution in [0.3, 0.4) is 0 Å². The highest BCUT2D eigenvalue weighted by atomic mass is 16.5. The van der Waals surface area contributed by atoms with Gasteiger partial charge in [-0.1, -0.05) is 73.7 Å². The van der Waals surface area contributed by atoms with E-state index in [-0.39, 0.29) is 12.6 Å². The van der Waals surface area contributed by atoms with Gasteiger partial charge in [-0.3, -0.25) is 4.79 Å². The molecule has 28 heavy (non-hydrogen) atoms. The Morgan fingerprint density at radius 2 is 1.46 bits per heavy atom. The molecular formula is C25H26O3. The summed E-state index contributed by atoms with van der Waals surface area (Å²) in [5.74, 6) is 0.542. The van der Waals surface area contributed by atoms with Crippen LogP contribution in [0, 0.1) is 0 Å². The van der Waals surface area contributed by atoms with Gasteiger partial charge in [0.05, 0.1) is 0 Å². The Labute approximate surface area is 166 Å². The lowest BCUT2D eigenvalue weighted by Gasteiger charge is -2.14. The molecule has 0 saturated heterocycles. The molecule has 0 N–H and O–H groups in total. The topological polar surface area (TPSA) is 35.5 Å². The van der Waals surface area contributed by atoms with Gasteiger partial charge in [-0.05, 0) is 40.3 Å². The van der Waals surface area contributed by atoms with Gasteiger partial charge in [-0.15, -0.1) is 0 Å². The number of rotatable bonds is 8. The van der Waals surface area contributed by atoms with Crippen LogP contribution in [0.15, 0.2) is 72.8 Å². The molecule has 0 aromatic heterocycles. The summed E-state index contributed by atoms with van der Waals surface area (Å²) in [6.45, 7) is 4.33. The summed E-state index contributed by atoms with van der Waals surface area (Å²) in [6.07, 6.45) is 1.83. The van der Waals surface area contributed by atoms with E-state index in [1.165, 1.54) is 18.1 Å². The third-order valence-electron chi connectivity index (χ3n) is 4.64. The van der Waals surface area contributed by atoms with Gasteiger partial charge in [0, 0.05) is 13.3 Å². The van der Waals surface area contributed by atoms with Gasteiger partial charge in [0.25, 0.3) is 0 Å². The normalized spacial score (nSPS) is 10.5. The van der Waals surface area contributed by atoms with E-state index in [4.69, 9.17) is 9.47 Å². The summed E-state index contributed by atoms with van der Waals surface area (Å²) in [5.41, 5.74) is 5.73. The van der Waals surface area contributed by atoms with Gasteiger partial charge in [-0.2, -0.15) is 0 Å². The van der Waals surface area contributed by atoms with Crippen LogP contribution < -0.4 is 4.74 Å². The van der Waals surface area contributed by atoms with Crippen LogP contribution in [0.1, 0.15) is 41.7 Å². The van der Waals surface area contributed by atoms with Crippen molar-refractivity contribution < 1.29 is 14.3 Å². The number of carbonyl (C=O) groups excluding carboxylic acids is 1. The van der Waals surface area contributed by atoms with Crippen LogP contribution in [0.25, 0.3) is 0 Å². The lowest BCUT2D eigenvalue weighted by molar-refractivity contribution is -0.142. The summed E-state index contributed by atoms with van der Waals surface area (Å²) in [4.78, 5) is 11.1. The first kappa shape index (κ1) is 19.7. The average Bonchev–Trinajstić information content (AvgIpc) is 2.73. The predicted octanol–water partition coefficient (Wildman–Crippen LogP) is 5.48. The number of benzene rings is 3. The van der Waals surface area contributed by atoms with Crippen LogP contribution >= 0.6 is 0 Å². The Kier molecular flexibility index (Phi) is 6.85. The fourth-order valence-electron chi connectivity index (χ4n) is 3.00. The molecule has 3 heteroatoms. The highest BCUT2D eigenvalue weighted by molar-refractivity contribution is 5.66. The van der Waals surface area contributed by atoms with Gasteiger partial charge in [0.1, 0.15) is 19.0 Å². The van der Waals surface area contributed by atoms with E-state index in [0.29, 0.717) is 6.61 Å². The van der Waals surface area contributed by atoms with Crippen LogP contribution in [0.5, 0.6) is 5.75 Å². The fraction of sp³-hybridized carbons (Fsp3) is 0.240. The van der Waals surface area contributed by atoms with Crippen LogP contribution in [0.4, 0.5) is 0 Å². The molecule has 0 atom stereocenters. The van der Waals surface area contributed by atoms with E-state index in [0.717, 1.165) is 35.3 Å². The van der Waals surface area contributed by atoms with Gasteiger partial charge < -0.3 is 9.47 Å². The first-order valence-electron chi connectivity index (χ1n) is 9.63. The zero-order valence-corrected chi connectivity index (χ0v) is 16.5. The standard InChI is InChI=1S/C25H26O3/c1-3-20-9-11-21(12-10-20)15-24-14-13-23(18-27-19(2)26)16-25(24)28-17-22-7-5-4-6-8-22/h4-14,16H,3,15,17-18H2,1-2H3. The Bertz CT molecular complexity index is 899. The minimum absolute atomic E-state index is 0.252. The molecule has 3 nitrogen and oxygen atoms in total.